The maximum Gasteiger partial charge on any atom is 0.273 e. The molecule has 0 radical (unpaired) electrons. The Morgan fingerprint density at radius 1 is 1.32 bits per heavy atom. The molecule has 7 heteroatoms. The molecular weight excluding hydrogens is 352 g/mol. The number of rotatable bonds is 6. The fraction of sp³-hybridized carbons (Fsp3) is 0.778. The molecule has 0 spiro atoms. The van der Waals surface area contributed by atoms with Crippen LogP contribution in [-0.2, 0) is 0 Å². The van der Waals surface area contributed by atoms with Crippen LogP contribution in [0, 0.1) is 0 Å². The van der Waals surface area contributed by atoms with Gasteiger partial charge in [0.05, 0.1) is 6.04 Å². The maximum atomic E-state index is 12.7. The molecule has 1 aromatic rings. The zero-order valence-corrected chi connectivity index (χ0v) is 16.8. The summed E-state index contributed by atoms with van der Waals surface area (Å²) in [5, 5.41) is 2.77. The molecule has 140 valence electrons. The van der Waals surface area contributed by atoms with Gasteiger partial charge in [-0.05, 0) is 57.2 Å². The second-order valence-corrected chi connectivity index (χ2v) is 8.95. The number of nitrogens with zero attached hydrogens (tertiary/aromatic N) is 3. The average molecular weight is 383 g/mol. The number of piperidine rings is 2. The number of thioether (sulfide) groups is 1. The van der Waals surface area contributed by atoms with E-state index in [1.54, 1.807) is 11.8 Å². The molecule has 1 aromatic heterocycles. The second-order valence-electron chi connectivity index (χ2n) is 7.08. The van der Waals surface area contributed by atoms with Gasteiger partial charge in [0.1, 0.15) is 10.7 Å². The van der Waals surface area contributed by atoms with Crippen molar-refractivity contribution in [3.05, 3.63) is 16.1 Å². The van der Waals surface area contributed by atoms with E-state index in [0.717, 1.165) is 43.1 Å². The summed E-state index contributed by atoms with van der Waals surface area (Å²) >= 11 is 3.31. The Kier molecular flexibility index (Phi) is 7.16. The molecule has 1 amide bonds. The van der Waals surface area contributed by atoms with Gasteiger partial charge in [0, 0.05) is 24.5 Å². The van der Waals surface area contributed by atoms with Crippen molar-refractivity contribution < 1.29 is 4.79 Å². The SMILES string of the molecule is CSCCC(N)c1nc(C(=O)N2CCC(N3CCCCC3)CC2)cs1. The van der Waals surface area contributed by atoms with Gasteiger partial charge >= 0.3 is 0 Å². The van der Waals surface area contributed by atoms with E-state index >= 15 is 0 Å². The van der Waals surface area contributed by atoms with E-state index in [0.29, 0.717) is 11.7 Å². The number of carbonyl (C=O) groups is 1. The Morgan fingerprint density at radius 3 is 2.72 bits per heavy atom. The lowest BCUT2D eigenvalue weighted by Gasteiger charge is -2.40. The first-order valence-electron chi connectivity index (χ1n) is 9.42. The molecule has 0 aliphatic carbocycles. The Balaban J connectivity index is 1.51. The van der Waals surface area contributed by atoms with E-state index < -0.39 is 0 Å². The Bertz CT molecular complexity index is 551. The van der Waals surface area contributed by atoms with E-state index in [2.05, 4.69) is 16.1 Å². The molecule has 2 N–H and O–H groups in total. The van der Waals surface area contributed by atoms with Gasteiger partial charge in [-0.3, -0.25) is 4.79 Å². The van der Waals surface area contributed by atoms with Crippen LogP contribution in [-0.4, -0.2) is 64.9 Å². The van der Waals surface area contributed by atoms with Gasteiger partial charge in [0.15, 0.2) is 0 Å². The summed E-state index contributed by atoms with van der Waals surface area (Å²) in [7, 11) is 0. The number of amides is 1. The summed E-state index contributed by atoms with van der Waals surface area (Å²) < 4.78 is 0. The predicted octanol–water partition coefficient (Wildman–Crippen LogP) is 2.99. The third-order valence-electron chi connectivity index (χ3n) is 5.35. The summed E-state index contributed by atoms with van der Waals surface area (Å²) in [6.07, 6.45) is 9.21. The van der Waals surface area contributed by atoms with E-state index in [1.807, 2.05) is 10.3 Å². The molecule has 2 saturated heterocycles. The van der Waals surface area contributed by atoms with Crippen molar-refractivity contribution >= 4 is 29.0 Å². The molecule has 2 aliphatic rings. The summed E-state index contributed by atoms with van der Waals surface area (Å²) in [6.45, 7) is 4.18. The molecule has 0 saturated carbocycles. The minimum absolute atomic E-state index is 0.0520. The van der Waals surface area contributed by atoms with Crippen LogP contribution in [0.15, 0.2) is 5.38 Å². The molecule has 5 nitrogen and oxygen atoms in total. The normalized spacial score (nSPS) is 21.4. The van der Waals surface area contributed by atoms with E-state index in [-0.39, 0.29) is 11.9 Å². The van der Waals surface area contributed by atoms with Crippen molar-refractivity contribution in [2.24, 2.45) is 5.73 Å². The smallest absolute Gasteiger partial charge is 0.273 e. The molecule has 1 unspecified atom stereocenters. The van der Waals surface area contributed by atoms with Crippen LogP contribution >= 0.6 is 23.1 Å². The van der Waals surface area contributed by atoms with Gasteiger partial charge in [-0.15, -0.1) is 11.3 Å². The van der Waals surface area contributed by atoms with Crippen LogP contribution in [0.3, 0.4) is 0 Å². The minimum atomic E-state index is -0.0520. The maximum absolute atomic E-state index is 12.7. The lowest BCUT2D eigenvalue weighted by molar-refractivity contribution is 0.0585. The van der Waals surface area contributed by atoms with Gasteiger partial charge in [0.2, 0.25) is 0 Å². The first kappa shape index (κ1) is 19.1. The van der Waals surface area contributed by atoms with E-state index in [9.17, 15) is 4.79 Å². The van der Waals surface area contributed by atoms with Crippen molar-refractivity contribution in [1.82, 2.24) is 14.8 Å². The van der Waals surface area contributed by atoms with Gasteiger partial charge < -0.3 is 15.5 Å². The highest BCUT2D eigenvalue weighted by atomic mass is 32.2. The fourth-order valence-corrected chi connectivity index (χ4v) is 5.12. The number of thiazole rings is 1. The molecule has 3 rings (SSSR count). The molecule has 25 heavy (non-hydrogen) atoms. The Hall–Kier alpha value is -0.630. The zero-order valence-electron chi connectivity index (χ0n) is 15.2. The summed E-state index contributed by atoms with van der Waals surface area (Å²) in [5.74, 6) is 1.10. The standard InChI is InChI=1S/C18H30N4OS2/c1-24-12-7-15(19)17-20-16(13-25-17)18(23)22-10-5-14(6-11-22)21-8-3-2-4-9-21/h13-15H,2-12,19H2,1H3. The zero-order chi connectivity index (χ0) is 17.6. The number of likely N-dealkylation sites (tertiary alicyclic amines) is 2. The Labute approximate surface area is 159 Å². The van der Waals surface area contributed by atoms with E-state index in [1.165, 1.54) is 43.7 Å². The summed E-state index contributed by atoms with van der Waals surface area (Å²) in [5.41, 5.74) is 6.76. The molecule has 0 aromatic carbocycles. The largest absolute Gasteiger partial charge is 0.337 e. The summed E-state index contributed by atoms with van der Waals surface area (Å²) in [6, 6.07) is 0.610. The molecule has 0 bridgehead atoms. The highest BCUT2D eigenvalue weighted by Gasteiger charge is 2.29. The highest BCUT2D eigenvalue weighted by Crippen LogP contribution is 2.24. The monoisotopic (exact) mass is 382 g/mol. The third kappa shape index (κ3) is 4.96. The number of hydrogen-bond donors (Lipinski definition) is 1. The quantitative estimate of drug-likeness (QED) is 0.819. The number of nitrogens with two attached hydrogens (primary N) is 1. The van der Waals surface area contributed by atoms with Gasteiger partial charge in [-0.1, -0.05) is 6.42 Å². The van der Waals surface area contributed by atoms with Gasteiger partial charge in [0.25, 0.3) is 5.91 Å². The number of carbonyl (C=O) groups excluding carboxylic acids is 1. The van der Waals surface area contributed by atoms with Crippen molar-refractivity contribution in [2.75, 3.05) is 38.2 Å². The predicted molar refractivity (Wildman–Crippen MR) is 106 cm³/mol. The minimum Gasteiger partial charge on any atom is -0.337 e. The average Bonchev–Trinajstić information content (AvgIpc) is 3.16. The van der Waals surface area contributed by atoms with E-state index in [4.69, 9.17) is 5.73 Å². The van der Waals surface area contributed by atoms with Crippen LogP contribution in [0.2, 0.25) is 0 Å². The van der Waals surface area contributed by atoms with Crippen LogP contribution in [0.5, 0.6) is 0 Å². The number of aromatic nitrogens is 1. The van der Waals surface area contributed by atoms with Crippen LogP contribution in [0.4, 0.5) is 0 Å². The van der Waals surface area contributed by atoms with Crippen molar-refractivity contribution in [1.29, 1.82) is 0 Å². The summed E-state index contributed by atoms with van der Waals surface area (Å²) in [4.78, 5) is 21.9. The van der Waals surface area contributed by atoms with Crippen molar-refractivity contribution in [2.45, 2.75) is 50.6 Å². The molecule has 1 atom stereocenters. The van der Waals surface area contributed by atoms with Crippen molar-refractivity contribution in [3.63, 3.8) is 0 Å². The first-order valence-corrected chi connectivity index (χ1v) is 11.7. The third-order valence-corrected chi connectivity index (χ3v) is 6.97. The first-order chi connectivity index (χ1) is 12.2. The van der Waals surface area contributed by atoms with Crippen LogP contribution in [0.25, 0.3) is 0 Å². The van der Waals surface area contributed by atoms with Crippen molar-refractivity contribution in [3.8, 4) is 0 Å². The molecule has 2 aliphatic heterocycles. The van der Waals surface area contributed by atoms with Gasteiger partial charge in [-0.25, -0.2) is 4.98 Å². The number of hydrogen-bond acceptors (Lipinski definition) is 6. The molecule has 2 fully saturated rings. The van der Waals surface area contributed by atoms with Crippen LogP contribution < -0.4 is 5.73 Å². The lowest BCUT2D eigenvalue weighted by Crippen LogP contribution is -2.48. The fourth-order valence-electron chi connectivity index (χ4n) is 3.80. The van der Waals surface area contributed by atoms with Gasteiger partial charge in [-0.2, -0.15) is 11.8 Å². The highest BCUT2D eigenvalue weighted by molar-refractivity contribution is 7.98. The molecule has 3 heterocycles. The molecular formula is C18H30N4OS2. The Morgan fingerprint density at radius 2 is 2.04 bits per heavy atom. The lowest BCUT2D eigenvalue weighted by atomic mass is 10.00. The second kappa shape index (κ2) is 9.35. The van der Waals surface area contributed by atoms with Crippen LogP contribution in [0.1, 0.15) is 60.1 Å². The topological polar surface area (TPSA) is 62.5 Å².